The molecule has 0 radical (unpaired) electrons. The molecular formula is C11H18N2O3. The van der Waals surface area contributed by atoms with Crippen LogP contribution in [0.2, 0.25) is 0 Å². The van der Waals surface area contributed by atoms with Crippen molar-refractivity contribution in [2.24, 2.45) is 0 Å². The molecule has 0 spiro atoms. The summed E-state index contributed by atoms with van der Waals surface area (Å²) < 4.78 is 10.4. The minimum atomic E-state index is -0.181. The molecule has 1 aromatic rings. The van der Waals surface area contributed by atoms with Crippen molar-refractivity contribution in [3.05, 3.63) is 18.3 Å². The number of hydrogen-bond acceptors (Lipinski definition) is 5. The van der Waals surface area contributed by atoms with Gasteiger partial charge in [0.15, 0.2) is 11.6 Å². The maximum absolute atomic E-state index is 9.13. The molecule has 1 unspecified atom stereocenters. The average Bonchev–Trinajstić information content (AvgIpc) is 2.31. The fraction of sp³-hybridized carbons (Fsp3) is 0.545. The first-order chi connectivity index (χ1) is 7.81. The molecule has 5 heteroatoms. The van der Waals surface area contributed by atoms with Crippen molar-refractivity contribution in [1.82, 2.24) is 4.98 Å². The van der Waals surface area contributed by atoms with Gasteiger partial charge in [-0.25, -0.2) is 4.98 Å². The van der Waals surface area contributed by atoms with Gasteiger partial charge in [-0.15, -0.1) is 0 Å². The van der Waals surface area contributed by atoms with Crippen molar-refractivity contribution < 1.29 is 14.6 Å². The standard InChI is InChI=1S/C11H18N2O3/c1-3-16-10-5-4-6-12-11(10)13-9(7-14)8-15-2/h4-6,9,14H,3,7-8H2,1-2H3,(H,12,13). The van der Waals surface area contributed by atoms with Crippen molar-refractivity contribution in [2.75, 3.05) is 32.2 Å². The molecule has 0 saturated heterocycles. The van der Waals surface area contributed by atoms with Gasteiger partial charge in [-0.1, -0.05) is 0 Å². The van der Waals surface area contributed by atoms with E-state index in [-0.39, 0.29) is 12.6 Å². The first kappa shape index (κ1) is 12.7. The Balaban J connectivity index is 2.70. The fourth-order valence-corrected chi connectivity index (χ4v) is 1.31. The van der Waals surface area contributed by atoms with Crippen LogP contribution in [0.15, 0.2) is 18.3 Å². The predicted octanol–water partition coefficient (Wildman–Crippen LogP) is 0.899. The largest absolute Gasteiger partial charge is 0.490 e. The Morgan fingerprint density at radius 3 is 3.00 bits per heavy atom. The first-order valence-electron chi connectivity index (χ1n) is 5.26. The molecule has 90 valence electrons. The van der Waals surface area contributed by atoms with Gasteiger partial charge in [-0.05, 0) is 19.1 Å². The van der Waals surface area contributed by atoms with Crippen LogP contribution in [0.1, 0.15) is 6.92 Å². The van der Waals surface area contributed by atoms with Crippen LogP contribution < -0.4 is 10.1 Å². The van der Waals surface area contributed by atoms with E-state index in [1.54, 1.807) is 19.4 Å². The van der Waals surface area contributed by atoms with Crippen LogP contribution >= 0.6 is 0 Å². The minimum absolute atomic E-state index is 0.0179. The topological polar surface area (TPSA) is 63.6 Å². The van der Waals surface area contributed by atoms with Crippen LogP contribution in [-0.2, 0) is 4.74 Å². The van der Waals surface area contributed by atoms with Gasteiger partial charge in [0.2, 0.25) is 0 Å². The van der Waals surface area contributed by atoms with Gasteiger partial charge in [0.25, 0.3) is 0 Å². The van der Waals surface area contributed by atoms with E-state index in [0.29, 0.717) is 24.8 Å². The molecule has 0 saturated carbocycles. The number of hydrogen-bond donors (Lipinski definition) is 2. The number of pyridine rings is 1. The lowest BCUT2D eigenvalue weighted by Gasteiger charge is -2.17. The molecule has 0 amide bonds. The van der Waals surface area contributed by atoms with Gasteiger partial charge in [0.05, 0.1) is 25.9 Å². The molecule has 0 fully saturated rings. The van der Waals surface area contributed by atoms with Crippen LogP contribution in [-0.4, -0.2) is 43.1 Å². The van der Waals surface area contributed by atoms with Crippen LogP contribution in [0.25, 0.3) is 0 Å². The zero-order valence-electron chi connectivity index (χ0n) is 9.64. The lowest BCUT2D eigenvalue weighted by Crippen LogP contribution is -2.29. The molecule has 16 heavy (non-hydrogen) atoms. The zero-order valence-corrected chi connectivity index (χ0v) is 9.64. The Labute approximate surface area is 95.4 Å². The number of nitrogens with one attached hydrogen (secondary N) is 1. The van der Waals surface area contributed by atoms with Gasteiger partial charge in [0, 0.05) is 13.3 Å². The fourth-order valence-electron chi connectivity index (χ4n) is 1.31. The van der Waals surface area contributed by atoms with E-state index in [0.717, 1.165) is 0 Å². The van der Waals surface area contributed by atoms with Crippen molar-refractivity contribution in [3.63, 3.8) is 0 Å². The normalized spacial score (nSPS) is 12.2. The quantitative estimate of drug-likeness (QED) is 0.723. The lowest BCUT2D eigenvalue weighted by atomic mass is 10.3. The highest BCUT2D eigenvalue weighted by atomic mass is 16.5. The van der Waals surface area contributed by atoms with Crippen molar-refractivity contribution >= 4 is 5.82 Å². The van der Waals surface area contributed by atoms with Gasteiger partial charge < -0.3 is 19.9 Å². The number of aliphatic hydroxyl groups is 1. The Bertz CT molecular complexity index is 307. The highest BCUT2D eigenvalue weighted by Crippen LogP contribution is 2.21. The number of aliphatic hydroxyl groups excluding tert-OH is 1. The number of nitrogens with zero attached hydrogens (tertiary/aromatic N) is 1. The zero-order chi connectivity index (χ0) is 11.8. The smallest absolute Gasteiger partial charge is 0.169 e. The molecule has 0 aliphatic carbocycles. The molecule has 0 bridgehead atoms. The predicted molar refractivity (Wildman–Crippen MR) is 61.8 cm³/mol. The van der Waals surface area contributed by atoms with Crippen LogP contribution in [0.5, 0.6) is 5.75 Å². The van der Waals surface area contributed by atoms with E-state index < -0.39 is 0 Å². The number of ether oxygens (including phenoxy) is 2. The van der Waals surface area contributed by atoms with Crippen molar-refractivity contribution in [2.45, 2.75) is 13.0 Å². The van der Waals surface area contributed by atoms with Crippen molar-refractivity contribution in [3.8, 4) is 5.75 Å². The van der Waals surface area contributed by atoms with Crippen LogP contribution in [0.3, 0.4) is 0 Å². The molecule has 1 aromatic heterocycles. The third kappa shape index (κ3) is 3.67. The SMILES string of the molecule is CCOc1cccnc1NC(CO)COC. The first-order valence-corrected chi connectivity index (χ1v) is 5.26. The molecule has 1 rings (SSSR count). The highest BCUT2D eigenvalue weighted by molar-refractivity contribution is 5.50. The summed E-state index contributed by atoms with van der Waals surface area (Å²) in [5.74, 6) is 1.31. The van der Waals surface area contributed by atoms with E-state index in [1.807, 2.05) is 13.0 Å². The summed E-state index contributed by atoms with van der Waals surface area (Å²) in [5.41, 5.74) is 0. The van der Waals surface area contributed by atoms with Crippen LogP contribution in [0.4, 0.5) is 5.82 Å². The number of rotatable bonds is 7. The van der Waals surface area contributed by atoms with E-state index in [1.165, 1.54) is 0 Å². The average molecular weight is 226 g/mol. The van der Waals surface area contributed by atoms with Gasteiger partial charge in [0.1, 0.15) is 0 Å². The molecule has 0 aromatic carbocycles. The van der Waals surface area contributed by atoms with E-state index >= 15 is 0 Å². The second-order valence-corrected chi connectivity index (χ2v) is 3.26. The minimum Gasteiger partial charge on any atom is -0.490 e. The third-order valence-electron chi connectivity index (χ3n) is 2.00. The van der Waals surface area contributed by atoms with Gasteiger partial charge in [-0.3, -0.25) is 0 Å². The summed E-state index contributed by atoms with van der Waals surface area (Å²) in [6, 6.07) is 3.46. The summed E-state index contributed by atoms with van der Waals surface area (Å²) in [7, 11) is 1.59. The lowest BCUT2D eigenvalue weighted by molar-refractivity contribution is 0.153. The summed E-state index contributed by atoms with van der Waals surface area (Å²) in [5, 5.41) is 12.2. The Morgan fingerprint density at radius 1 is 1.56 bits per heavy atom. The highest BCUT2D eigenvalue weighted by Gasteiger charge is 2.10. The molecule has 0 aliphatic heterocycles. The second kappa shape index (κ2) is 7.03. The molecule has 1 atom stereocenters. The van der Waals surface area contributed by atoms with E-state index in [2.05, 4.69) is 10.3 Å². The monoisotopic (exact) mass is 226 g/mol. The maximum atomic E-state index is 9.13. The molecular weight excluding hydrogens is 208 g/mol. The summed E-state index contributed by atoms with van der Waals surface area (Å²) in [6.07, 6.45) is 1.67. The van der Waals surface area contributed by atoms with E-state index in [4.69, 9.17) is 14.6 Å². The van der Waals surface area contributed by atoms with Gasteiger partial charge >= 0.3 is 0 Å². The molecule has 1 heterocycles. The molecule has 2 N–H and O–H groups in total. The Hall–Kier alpha value is -1.33. The van der Waals surface area contributed by atoms with Gasteiger partial charge in [-0.2, -0.15) is 0 Å². The Kier molecular flexibility index (Phi) is 5.60. The summed E-state index contributed by atoms with van der Waals surface area (Å²) >= 11 is 0. The number of anilines is 1. The number of aromatic nitrogens is 1. The third-order valence-corrected chi connectivity index (χ3v) is 2.00. The van der Waals surface area contributed by atoms with Crippen molar-refractivity contribution in [1.29, 1.82) is 0 Å². The maximum Gasteiger partial charge on any atom is 0.169 e. The molecule has 0 aliphatic rings. The summed E-state index contributed by atoms with van der Waals surface area (Å²) in [6.45, 7) is 2.89. The second-order valence-electron chi connectivity index (χ2n) is 3.26. The molecule has 5 nitrogen and oxygen atoms in total. The van der Waals surface area contributed by atoms with Crippen LogP contribution in [0, 0.1) is 0 Å². The number of methoxy groups -OCH3 is 1. The summed E-state index contributed by atoms with van der Waals surface area (Å²) in [4.78, 5) is 4.16. The Morgan fingerprint density at radius 2 is 2.38 bits per heavy atom. The van der Waals surface area contributed by atoms with E-state index in [9.17, 15) is 0 Å².